The van der Waals surface area contributed by atoms with Crippen molar-refractivity contribution in [3.8, 4) is 0 Å². The molecule has 0 saturated heterocycles. The van der Waals surface area contributed by atoms with Gasteiger partial charge < -0.3 is 20.4 Å². The Morgan fingerprint density at radius 1 is 1.04 bits per heavy atom. The highest BCUT2D eigenvalue weighted by Gasteiger charge is 2.11. The van der Waals surface area contributed by atoms with Crippen molar-refractivity contribution < 1.29 is 9.21 Å². The zero-order valence-corrected chi connectivity index (χ0v) is 18.5. The van der Waals surface area contributed by atoms with Crippen molar-refractivity contribution >= 4 is 35.8 Å². The predicted molar refractivity (Wildman–Crippen MR) is 120 cm³/mol. The molecule has 0 atom stereocenters. The van der Waals surface area contributed by atoms with E-state index in [9.17, 15) is 4.79 Å². The first-order valence-electron chi connectivity index (χ1n) is 9.00. The minimum atomic E-state index is -0.173. The summed E-state index contributed by atoms with van der Waals surface area (Å²) >= 11 is 0. The molecule has 1 aromatic carbocycles. The number of nitrogens with one attached hydrogen (secondary N) is 3. The lowest BCUT2D eigenvalue weighted by Crippen LogP contribution is -2.38. The van der Waals surface area contributed by atoms with E-state index in [-0.39, 0.29) is 29.9 Å². The Morgan fingerprint density at radius 3 is 2.44 bits per heavy atom. The molecule has 0 aliphatic heterocycles. The van der Waals surface area contributed by atoms with Gasteiger partial charge in [-0.25, -0.2) is 4.99 Å². The smallest absolute Gasteiger partial charge is 0.287 e. The third-order valence-corrected chi connectivity index (χ3v) is 4.01. The Bertz CT molecular complexity index is 743. The second-order valence-electron chi connectivity index (χ2n) is 6.09. The lowest BCUT2D eigenvalue weighted by molar-refractivity contribution is 0.0925. The number of hydrogen-bond acceptors (Lipinski definition) is 3. The number of carbonyl (C=O) groups excluding carboxylic acids is 1. The molecular formula is C20H29IN4O2. The summed E-state index contributed by atoms with van der Waals surface area (Å²) in [6, 6.07) is 10.0. The quantitative estimate of drug-likeness (QED) is 0.232. The summed E-state index contributed by atoms with van der Waals surface area (Å²) < 4.78 is 5.18. The molecule has 1 heterocycles. The second kappa shape index (κ2) is 12.4. The van der Waals surface area contributed by atoms with Gasteiger partial charge in [0.1, 0.15) is 0 Å². The molecular weight excluding hydrogens is 455 g/mol. The zero-order chi connectivity index (χ0) is 18.8. The first-order chi connectivity index (χ1) is 12.6. The third-order valence-electron chi connectivity index (χ3n) is 4.01. The highest BCUT2D eigenvalue weighted by atomic mass is 127. The van der Waals surface area contributed by atoms with Crippen LogP contribution in [0.25, 0.3) is 0 Å². The SMILES string of the molecule is CCNC(=NCc1ccccc1C)NCCCNC(=O)c1occc1C.I. The van der Waals surface area contributed by atoms with E-state index in [1.54, 1.807) is 6.07 Å². The van der Waals surface area contributed by atoms with Crippen molar-refractivity contribution in [1.82, 2.24) is 16.0 Å². The lowest BCUT2D eigenvalue weighted by Gasteiger charge is -2.12. The fourth-order valence-corrected chi connectivity index (χ4v) is 2.48. The van der Waals surface area contributed by atoms with E-state index < -0.39 is 0 Å². The first kappa shape index (κ1) is 23.0. The fourth-order valence-electron chi connectivity index (χ4n) is 2.48. The van der Waals surface area contributed by atoms with Crippen molar-refractivity contribution in [2.75, 3.05) is 19.6 Å². The maximum Gasteiger partial charge on any atom is 0.287 e. The molecule has 27 heavy (non-hydrogen) atoms. The number of rotatable bonds is 8. The molecule has 0 spiro atoms. The van der Waals surface area contributed by atoms with Crippen LogP contribution in [0.4, 0.5) is 0 Å². The summed E-state index contributed by atoms with van der Waals surface area (Å²) in [5.74, 6) is 0.989. The van der Waals surface area contributed by atoms with Crippen molar-refractivity contribution in [2.45, 2.75) is 33.7 Å². The van der Waals surface area contributed by atoms with E-state index in [1.807, 2.05) is 26.0 Å². The van der Waals surface area contributed by atoms with Crippen molar-refractivity contribution in [2.24, 2.45) is 4.99 Å². The highest BCUT2D eigenvalue weighted by molar-refractivity contribution is 14.0. The van der Waals surface area contributed by atoms with Gasteiger partial charge in [-0.05, 0) is 44.4 Å². The van der Waals surface area contributed by atoms with Gasteiger partial charge in [0.15, 0.2) is 11.7 Å². The van der Waals surface area contributed by atoms with E-state index in [2.05, 4.69) is 40.0 Å². The molecule has 148 valence electrons. The number of halogens is 1. The van der Waals surface area contributed by atoms with Crippen LogP contribution >= 0.6 is 24.0 Å². The molecule has 0 saturated carbocycles. The summed E-state index contributed by atoms with van der Waals surface area (Å²) in [6.07, 6.45) is 2.32. The Labute approximate surface area is 178 Å². The monoisotopic (exact) mass is 484 g/mol. The number of aliphatic imine (C=N–C) groups is 1. The molecule has 6 nitrogen and oxygen atoms in total. The van der Waals surface area contributed by atoms with Crippen molar-refractivity contribution in [3.05, 3.63) is 59.0 Å². The maximum absolute atomic E-state index is 12.0. The molecule has 0 aliphatic carbocycles. The van der Waals surface area contributed by atoms with E-state index in [0.717, 1.165) is 31.0 Å². The summed E-state index contributed by atoms with van der Waals surface area (Å²) in [5, 5.41) is 9.40. The number of hydrogen-bond donors (Lipinski definition) is 3. The Kier molecular flexibility index (Phi) is 10.5. The number of nitrogens with zero attached hydrogens (tertiary/aromatic N) is 1. The fraction of sp³-hybridized carbons (Fsp3) is 0.400. The molecule has 0 bridgehead atoms. The predicted octanol–water partition coefficient (Wildman–Crippen LogP) is 3.39. The van der Waals surface area contributed by atoms with Crippen LogP contribution in [0.15, 0.2) is 46.0 Å². The standard InChI is InChI=1S/C20H28N4O2.HI/c1-4-21-20(24-14-17-9-6-5-8-15(17)2)23-12-7-11-22-19(25)18-16(3)10-13-26-18;/h5-6,8-10,13H,4,7,11-12,14H2,1-3H3,(H,22,25)(H2,21,23,24);1H. The van der Waals surface area contributed by atoms with E-state index in [0.29, 0.717) is 18.8 Å². The van der Waals surface area contributed by atoms with E-state index in [4.69, 9.17) is 4.42 Å². The van der Waals surface area contributed by atoms with Crippen LogP contribution in [0, 0.1) is 13.8 Å². The van der Waals surface area contributed by atoms with Gasteiger partial charge in [-0.15, -0.1) is 24.0 Å². The molecule has 3 N–H and O–H groups in total. The number of guanidine groups is 1. The summed E-state index contributed by atoms with van der Waals surface area (Å²) in [7, 11) is 0. The van der Waals surface area contributed by atoms with E-state index >= 15 is 0 Å². The van der Waals surface area contributed by atoms with Crippen LogP contribution in [-0.4, -0.2) is 31.5 Å². The zero-order valence-electron chi connectivity index (χ0n) is 16.2. The number of furan rings is 1. The average Bonchev–Trinajstić information content (AvgIpc) is 3.06. The molecule has 2 aromatic rings. The molecule has 0 radical (unpaired) electrons. The van der Waals surface area contributed by atoms with Gasteiger partial charge in [-0.1, -0.05) is 24.3 Å². The van der Waals surface area contributed by atoms with Gasteiger partial charge in [-0.3, -0.25) is 4.79 Å². The molecule has 0 unspecified atom stereocenters. The third kappa shape index (κ3) is 7.62. The molecule has 7 heteroatoms. The molecule has 0 fully saturated rings. The number of benzene rings is 1. The summed E-state index contributed by atoms with van der Waals surface area (Å²) in [5.41, 5.74) is 3.30. The van der Waals surface area contributed by atoms with E-state index in [1.165, 1.54) is 17.4 Å². The first-order valence-corrected chi connectivity index (χ1v) is 9.00. The van der Waals surface area contributed by atoms with Crippen molar-refractivity contribution in [1.29, 1.82) is 0 Å². The van der Waals surface area contributed by atoms with Crippen molar-refractivity contribution in [3.63, 3.8) is 0 Å². The van der Waals surface area contributed by atoms with Gasteiger partial charge in [-0.2, -0.15) is 0 Å². The van der Waals surface area contributed by atoms with Gasteiger partial charge in [0.2, 0.25) is 0 Å². The van der Waals surface area contributed by atoms with Gasteiger partial charge in [0, 0.05) is 25.2 Å². The Hall–Kier alpha value is -2.03. The lowest BCUT2D eigenvalue weighted by atomic mass is 10.1. The molecule has 0 aliphatic rings. The largest absolute Gasteiger partial charge is 0.459 e. The minimum absolute atomic E-state index is 0. The van der Waals surface area contributed by atoms with Gasteiger partial charge in [0.05, 0.1) is 12.8 Å². The molecule has 1 aromatic heterocycles. The summed E-state index contributed by atoms with van der Waals surface area (Å²) in [6.45, 7) is 8.71. The number of carbonyl (C=O) groups is 1. The topological polar surface area (TPSA) is 78.7 Å². The normalized spacial score (nSPS) is 10.9. The van der Waals surface area contributed by atoms with Crippen LogP contribution in [0.2, 0.25) is 0 Å². The highest BCUT2D eigenvalue weighted by Crippen LogP contribution is 2.08. The van der Waals surface area contributed by atoms with Gasteiger partial charge >= 0.3 is 0 Å². The van der Waals surface area contributed by atoms with Crippen LogP contribution in [0.3, 0.4) is 0 Å². The van der Waals surface area contributed by atoms with Crippen LogP contribution < -0.4 is 16.0 Å². The maximum atomic E-state index is 12.0. The Morgan fingerprint density at radius 2 is 1.78 bits per heavy atom. The second-order valence-corrected chi connectivity index (χ2v) is 6.09. The molecule has 1 amide bonds. The number of amides is 1. The average molecular weight is 484 g/mol. The van der Waals surface area contributed by atoms with Crippen LogP contribution in [0.1, 0.15) is 40.6 Å². The van der Waals surface area contributed by atoms with Crippen LogP contribution in [0.5, 0.6) is 0 Å². The Balaban J connectivity index is 0.00000364. The van der Waals surface area contributed by atoms with Gasteiger partial charge in [0.25, 0.3) is 5.91 Å². The number of aryl methyl sites for hydroxylation is 2. The summed E-state index contributed by atoms with van der Waals surface area (Å²) in [4.78, 5) is 16.6. The minimum Gasteiger partial charge on any atom is -0.459 e. The van der Waals surface area contributed by atoms with Crippen LogP contribution in [-0.2, 0) is 6.54 Å². The molecule has 2 rings (SSSR count).